The Bertz CT molecular complexity index is 1310. The second kappa shape index (κ2) is 8.36. The average molecular weight is 453 g/mol. The summed E-state index contributed by atoms with van der Waals surface area (Å²) in [6, 6.07) is 13.1. The van der Waals surface area contributed by atoms with Crippen LogP contribution in [0.25, 0.3) is 11.3 Å². The van der Waals surface area contributed by atoms with E-state index in [-0.39, 0.29) is 5.56 Å². The molecule has 0 N–H and O–H groups in total. The molecule has 0 atom stereocenters. The van der Waals surface area contributed by atoms with Crippen molar-refractivity contribution < 1.29 is 0 Å². The molecule has 1 aliphatic rings. The van der Waals surface area contributed by atoms with E-state index in [0.717, 1.165) is 48.3 Å². The summed E-state index contributed by atoms with van der Waals surface area (Å²) in [5.74, 6) is 1.30. The zero-order valence-electron chi connectivity index (χ0n) is 17.0. The third kappa shape index (κ3) is 3.93. The lowest BCUT2D eigenvalue weighted by Gasteiger charge is -2.19. The fourth-order valence-electron chi connectivity index (χ4n) is 3.79. The number of halogens is 1. The minimum Gasteiger partial charge on any atom is -0.341 e. The third-order valence-electron chi connectivity index (χ3n) is 5.32. The van der Waals surface area contributed by atoms with E-state index in [1.165, 1.54) is 11.8 Å². The largest absolute Gasteiger partial charge is 0.341 e. The van der Waals surface area contributed by atoms with Crippen molar-refractivity contribution >= 4 is 35.0 Å². The van der Waals surface area contributed by atoms with Crippen LogP contribution in [-0.4, -0.2) is 37.2 Å². The Kier molecular flexibility index (Phi) is 5.41. The number of hydrogen-bond donors (Lipinski definition) is 0. The molecule has 0 saturated carbocycles. The Balaban J connectivity index is 1.50. The molecule has 1 aliphatic heterocycles. The number of benzene rings is 1. The van der Waals surface area contributed by atoms with E-state index in [1.807, 2.05) is 47.9 Å². The lowest BCUT2D eigenvalue weighted by molar-refractivity contribution is 0.841. The number of fused-ring (bicyclic) bond motifs is 1. The van der Waals surface area contributed by atoms with Crippen LogP contribution in [0.1, 0.15) is 24.1 Å². The first kappa shape index (κ1) is 20.1. The molecule has 1 saturated heterocycles. The van der Waals surface area contributed by atoms with Gasteiger partial charge < -0.3 is 4.90 Å². The normalized spacial score (nSPS) is 13.9. The van der Waals surface area contributed by atoms with E-state index >= 15 is 0 Å². The van der Waals surface area contributed by atoms with Crippen LogP contribution < -0.4 is 10.5 Å². The molecule has 31 heavy (non-hydrogen) atoms. The Morgan fingerprint density at radius 2 is 1.90 bits per heavy atom. The molecule has 1 fully saturated rings. The van der Waals surface area contributed by atoms with Gasteiger partial charge in [0.05, 0.1) is 16.4 Å². The van der Waals surface area contributed by atoms with Crippen molar-refractivity contribution in [1.29, 1.82) is 0 Å². The molecule has 3 aromatic heterocycles. The summed E-state index contributed by atoms with van der Waals surface area (Å²) < 4.78 is 3.56. The van der Waals surface area contributed by atoms with Crippen LogP contribution in [0.15, 0.2) is 58.6 Å². The van der Waals surface area contributed by atoms with Crippen molar-refractivity contribution in [1.82, 2.24) is 24.1 Å². The molecule has 0 radical (unpaired) electrons. The zero-order chi connectivity index (χ0) is 21.4. The van der Waals surface area contributed by atoms with Crippen molar-refractivity contribution in [3.05, 3.63) is 75.3 Å². The number of anilines is 1. The highest BCUT2D eigenvalue weighted by Crippen LogP contribution is 2.32. The highest BCUT2D eigenvalue weighted by Gasteiger charge is 2.23. The molecule has 0 amide bonds. The maximum Gasteiger partial charge on any atom is 0.258 e. The van der Waals surface area contributed by atoms with Gasteiger partial charge in [0.25, 0.3) is 5.56 Å². The van der Waals surface area contributed by atoms with Crippen LogP contribution in [0, 0.1) is 6.92 Å². The van der Waals surface area contributed by atoms with Gasteiger partial charge in [-0.2, -0.15) is 0 Å². The molecule has 0 unspecified atom stereocenters. The van der Waals surface area contributed by atoms with Gasteiger partial charge in [0.2, 0.25) is 5.95 Å². The van der Waals surface area contributed by atoms with Crippen molar-refractivity contribution in [2.24, 2.45) is 0 Å². The number of nitrogens with zero attached hydrogens (tertiary/aromatic N) is 6. The maximum atomic E-state index is 12.5. The second-order valence-corrected chi connectivity index (χ2v) is 8.92. The number of rotatable bonds is 5. The minimum absolute atomic E-state index is 0.0917. The summed E-state index contributed by atoms with van der Waals surface area (Å²) in [7, 11) is 0. The van der Waals surface area contributed by atoms with Crippen molar-refractivity contribution in [3.8, 4) is 5.69 Å². The molecule has 4 heterocycles. The topological polar surface area (TPSA) is 68.3 Å². The number of aryl methyl sites for hydroxylation is 1. The zero-order valence-corrected chi connectivity index (χ0v) is 18.6. The molecule has 5 rings (SSSR count). The van der Waals surface area contributed by atoms with E-state index < -0.39 is 0 Å². The van der Waals surface area contributed by atoms with E-state index in [1.54, 1.807) is 16.7 Å². The van der Waals surface area contributed by atoms with Crippen LogP contribution >= 0.6 is 23.4 Å². The average Bonchev–Trinajstić information content (AvgIpc) is 3.42. The van der Waals surface area contributed by atoms with Gasteiger partial charge >= 0.3 is 0 Å². The van der Waals surface area contributed by atoms with E-state index in [2.05, 4.69) is 20.1 Å². The van der Waals surface area contributed by atoms with Crippen LogP contribution in [0.3, 0.4) is 0 Å². The fourth-order valence-corrected chi connectivity index (χ4v) is 4.84. The van der Waals surface area contributed by atoms with Crippen LogP contribution in [0.5, 0.6) is 0 Å². The van der Waals surface area contributed by atoms with E-state index in [4.69, 9.17) is 11.6 Å². The predicted molar refractivity (Wildman–Crippen MR) is 124 cm³/mol. The van der Waals surface area contributed by atoms with Gasteiger partial charge in [-0.05, 0) is 49.6 Å². The molecule has 0 bridgehead atoms. The van der Waals surface area contributed by atoms with Crippen molar-refractivity contribution in [2.45, 2.75) is 30.7 Å². The first-order chi connectivity index (χ1) is 15.1. The van der Waals surface area contributed by atoms with E-state index in [9.17, 15) is 4.79 Å². The molecule has 7 nitrogen and oxygen atoms in total. The first-order valence-electron chi connectivity index (χ1n) is 10.2. The Morgan fingerprint density at radius 1 is 1.10 bits per heavy atom. The smallest absolute Gasteiger partial charge is 0.258 e. The molecule has 0 aliphatic carbocycles. The van der Waals surface area contributed by atoms with Crippen LogP contribution in [-0.2, 0) is 5.75 Å². The number of pyridine rings is 1. The molecule has 0 spiro atoms. The van der Waals surface area contributed by atoms with Gasteiger partial charge in [-0.1, -0.05) is 35.5 Å². The number of thioether (sulfide) groups is 1. The Labute approximate surface area is 188 Å². The van der Waals surface area contributed by atoms with Gasteiger partial charge in [-0.15, -0.1) is 10.2 Å². The van der Waals surface area contributed by atoms with Gasteiger partial charge in [-0.3, -0.25) is 13.8 Å². The highest BCUT2D eigenvalue weighted by atomic mass is 35.5. The summed E-state index contributed by atoms with van der Waals surface area (Å²) >= 11 is 8.02. The summed E-state index contributed by atoms with van der Waals surface area (Å²) in [6.07, 6.45) is 4.04. The SMILES string of the molecule is Cc1ccn2c(=O)cc(CSc3nnc(N4CCCC4)n3-c3ccccc3Cl)nc2c1. The monoisotopic (exact) mass is 452 g/mol. The minimum atomic E-state index is -0.0917. The van der Waals surface area contributed by atoms with Crippen LogP contribution in [0.4, 0.5) is 5.95 Å². The molecule has 1 aromatic carbocycles. The molecular formula is C22H21ClN6OS. The van der Waals surface area contributed by atoms with Crippen molar-refractivity contribution in [3.63, 3.8) is 0 Å². The van der Waals surface area contributed by atoms with Crippen LogP contribution in [0.2, 0.25) is 5.02 Å². The molecular weight excluding hydrogens is 432 g/mol. The van der Waals surface area contributed by atoms with Gasteiger partial charge in [0, 0.05) is 31.1 Å². The summed E-state index contributed by atoms with van der Waals surface area (Å²) in [5, 5.41) is 10.3. The summed E-state index contributed by atoms with van der Waals surface area (Å²) in [6.45, 7) is 3.89. The molecule has 9 heteroatoms. The van der Waals surface area contributed by atoms with Gasteiger partial charge in [0.1, 0.15) is 5.65 Å². The molecule has 4 aromatic rings. The van der Waals surface area contributed by atoms with Gasteiger partial charge in [0.15, 0.2) is 5.16 Å². The van der Waals surface area contributed by atoms with Crippen molar-refractivity contribution in [2.75, 3.05) is 18.0 Å². The third-order valence-corrected chi connectivity index (χ3v) is 6.61. The quantitative estimate of drug-likeness (QED) is 0.424. The Hall–Kier alpha value is -2.84. The summed E-state index contributed by atoms with van der Waals surface area (Å²) in [4.78, 5) is 19.4. The number of hydrogen-bond acceptors (Lipinski definition) is 6. The first-order valence-corrected chi connectivity index (χ1v) is 11.5. The molecule has 158 valence electrons. The lowest BCUT2D eigenvalue weighted by Crippen LogP contribution is -2.22. The standard InChI is InChI=1S/C22H21ClN6OS/c1-15-8-11-28-19(12-15)24-16(13-20(28)30)14-31-22-26-25-21(27-9-4-5-10-27)29(22)18-7-3-2-6-17(18)23/h2-3,6-8,11-13H,4-5,9-10,14H2,1H3. The highest BCUT2D eigenvalue weighted by molar-refractivity contribution is 7.98. The maximum absolute atomic E-state index is 12.5. The lowest BCUT2D eigenvalue weighted by atomic mass is 10.3. The number of para-hydroxylation sites is 1. The van der Waals surface area contributed by atoms with E-state index in [0.29, 0.717) is 22.1 Å². The summed E-state index contributed by atoms with van der Waals surface area (Å²) in [5.41, 5.74) is 3.17. The second-order valence-electron chi connectivity index (χ2n) is 7.57. The van der Waals surface area contributed by atoms with Gasteiger partial charge in [-0.25, -0.2) is 4.98 Å². The Morgan fingerprint density at radius 3 is 2.71 bits per heavy atom. The number of aromatic nitrogens is 5. The fraction of sp³-hybridized carbons (Fsp3) is 0.273. The predicted octanol–water partition coefficient (Wildman–Crippen LogP) is 4.13.